The van der Waals surface area contributed by atoms with E-state index < -0.39 is 5.82 Å². The topological polar surface area (TPSA) is 37.9 Å². The summed E-state index contributed by atoms with van der Waals surface area (Å²) in [6.07, 6.45) is 3.93. The van der Waals surface area contributed by atoms with E-state index in [9.17, 15) is 8.78 Å². The molecule has 4 aromatic rings. The third kappa shape index (κ3) is 3.08. The molecule has 0 spiro atoms. The molecule has 3 nitrogen and oxygen atoms in total. The van der Waals surface area contributed by atoms with Gasteiger partial charge in [0.1, 0.15) is 17.2 Å². The Morgan fingerprint density at radius 2 is 1.84 bits per heavy atom. The third-order valence-corrected chi connectivity index (χ3v) is 3.96. The minimum absolute atomic E-state index is 0.146. The van der Waals surface area contributed by atoms with Crippen molar-refractivity contribution < 1.29 is 13.5 Å². The molecular weight excluding hydrogens is 322 g/mol. The standard InChI is InChI=1S/C20H14F2N2O/c21-15-5-3-4-13(11-15)10-14-12-24-20-19(14)18(8-9-23-20)25-17-7-2-1-6-16(17)22/h1-9,11-12H,10H2,(H,23,24). The van der Waals surface area contributed by atoms with E-state index in [1.807, 2.05) is 12.3 Å². The van der Waals surface area contributed by atoms with E-state index >= 15 is 0 Å². The molecule has 2 aromatic heterocycles. The van der Waals surface area contributed by atoms with Gasteiger partial charge in [0.15, 0.2) is 11.6 Å². The maximum atomic E-state index is 13.9. The number of rotatable bonds is 4. The Labute approximate surface area is 142 Å². The second-order valence-electron chi connectivity index (χ2n) is 5.69. The average Bonchev–Trinajstić information content (AvgIpc) is 3.01. The number of aromatic nitrogens is 2. The molecule has 0 aliphatic carbocycles. The fraction of sp³-hybridized carbons (Fsp3) is 0.0500. The van der Waals surface area contributed by atoms with Crippen LogP contribution in [-0.4, -0.2) is 9.97 Å². The van der Waals surface area contributed by atoms with Crippen molar-refractivity contribution in [1.82, 2.24) is 9.97 Å². The van der Waals surface area contributed by atoms with Crippen molar-refractivity contribution >= 4 is 11.0 Å². The van der Waals surface area contributed by atoms with Crippen LogP contribution in [0.3, 0.4) is 0 Å². The number of halogens is 2. The van der Waals surface area contributed by atoms with Crippen LogP contribution in [0.4, 0.5) is 8.78 Å². The highest BCUT2D eigenvalue weighted by atomic mass is 19.1. The van der Waals surface area contributed by atoms with Crippen LogP contribution < -0.4 is 4.74 Å². The van der Waals surface area contributed by atoms with Crippen LogP contribution in [0.2, 0.25) is 0 Å². The van der Waals surface area contributed by atoms with Crippen molar-refractivity contribution in [3.8, 4) is 11.5 Å². The van der Waals surface area contributed by atoms with E-state index in [0.29, 0.717) is 17.8 Å². The van der Waals surface area contributed by atoms with Gasteiger partial charge in [0, 0.05) is 12.4 Å². The quantitative estimate of drug-likeness (QED) is 0.554. The zero-order valence-electron chi connectivity index (χ0n) is 13.2. The predicted molar refractivity (Wildman–Crippen MR) is 91.8 cm³/mol. The van der Waals surface area contributed by atoms with E-state index in [1.165, 1.54) is 18.2 Å². The molecule has 25 heavy (non-hydrogen) atoms. The van der Waals surface area contributed by atoms with Crippen molar-refractivity contribution in [1.29, 1.82) is 0 Å². The maximum absolute atomic E-state index is 13.9. The van der Waals surface area contributed by atoms with Gasteiger partial charge in [-0.3, -0.25) is 0 Å². The second kappa shape index (κ2) is 6.36. The van der Waals surface area contributed by atoms with Crippen molar-refractivity contribution in [3.63, 3.8) is 0 Å². The molecule has 2 heterocycles. The van der Waals surface area contributed by atoms with Crippen LogP contribution in [0.1, 0.15) is 11.1 Å². The first-order valence-electron chi connectivity index (χ1n) is 7.82. The summed E-state index contributed by atoms with van der Waals surface area (Å²) in [6.45, 7) is 0. The highest BCUT2D eigenvalue weighted by Gasteiger charge is 2.13. The number of ether oxygens (including phenoxy) is 1. The smallest absolute Gasteiger partial charge is 0.165 e. The monoisotopic (exact) mass is 336 g/mol. The molecule has 2 aromatic carbocycles. The minimum atomic E-state index is -0.435. The normalized spacial score (nSPS) is 11.0. The first-order valence-corrected chi connectivity index (χ1v) is 7.82. The van der Waals surface area contributed by atoms with Crippen molar-refractivity contribution in [3.05, 3.63) is 89.8 Å². The summed E-state index contributed by atoms with van der Waals surface area (Å²) in [5, 5.41) is 0.759. The molecule has 0 saturated carbocycles. The Morgan fingerprint density at radius 1 is 0.960 bits per heavy atom. The first kappa shape index (κ1) is 15.3. The van der Waals surface area contributed by atoms with Gasteiger partial charge >= 0.3 is 0 Å². The number of benzene rings is 2. The Balaban J connectivity index is 1.75. The maximum Gasteiger partial charge on any atom is 0.165 e. The molecule has 0 atom stereocenters. The molecule has 0 bridgehead atoms. The summed E-state index contributed by atoms with van der Waals surface area (Å²) in [5.74, 6) is -0.0661. The van der Waals surface area contributed by atoms with Gasteiger partial charge in [0.2, 0.25) is 0 Å². The minimum Gasteiger partial charge on any atom is -0.453 e. The molecule has 124 valence electrons. The molecule has 0 amide bonds. The van der Waals surface area contributed by atoms with Crippen LogP contribution in [0.15, 0.2) is 67.0 Å². The molecule has 0 fully saturated rings. The molecule has 0 radical (unpaired) electrons. The van der Waals surface area contributed by atoms with Gasteiger partial charge in [-0.2, -0.15) is 0 Å². The number of hydrogen-bond donors (Lipinski definition) is 1. The fourth-order valence-electron chi connectivity index (χ4n) is 2.83. The Kier molecular flexibility index (Phi) is 3.90. The zero-order chi connectivity index (χ0) is 17.2. The summed E-state index contributed by atoms with van der Waals surface area (Å²) in [5.41, 5.74) is 2.38. The lowest BCUT2D eigenvalue weighted by Gasteiger charge is -2.09. The molecule has 0 saturated heterocycles. The Bertz CT molecular complexity index is 1040. The van der Waals surface area contributed by atoms with Gasteiger partial charge in [0.05, 0.1) is 5.39 Å². The van der Waals surface area contributed by atoms with Crippen LogP contribution in [-0.2, 0) is 6.42 Å². The van der Waals surface area contributed by atoms with Crippen LogP contribution in [0, 0.1) is 11.6 Å². The number of hydrogen-bond acceptors (Lipinski definition) is 2. The number of pyridine rings is 1. The number of nitrogens with zero attached hydrogens (tertiary/aromatic N) is 1. The number of H-pyrrole nitrogens is 1. The number of fused-ring (bicyclic) bond motifs is 1. The van der Waals surface area contributed by atoms with Gasteiger partial charge in [-0.15, -0.1) is 0 Å². The highest BCUT2D eigenvalue weighted by Crippen LogP contribution is 2.33. The van der Waals surface area contributed by atoms with Gasteiger partial charge < -0.3 is 9.72 Å². The van der Waals surface area contributed by atoms with E-state index in [1.54, 1.807) is 36.5 Å². The van der Waals surface area contributed by atoms with Crippen molar-refractivity contribution in [2.75, 3.05) is 0 Å². The molecule has 0 unspecified atom stereocenters. The van der Waals surface area contributed by atoms with Gasteiger partial charge in [0.25, 0.3) is 0 Å². The fourth-order valence-corrected chi connectivity index (χ4v) is 2.83. The number of para-hydroxylation sites is 1. The molecule has 5 heteroatoms. The van der Waals surface area contributed by atoms with E-state index in [4.69, 9.17) is 4.74 Å². The highest BCUT2D eigenvalue weighted by molar-refractivity contribution is 5.86. The summed E-state index contributed by atoms with van der Waals surface area (Å²) in [7, 11) is 0. The first-order chi connectivity index (χ1) is 12.2. The molecular formula is C20H14F2N2O. The van der Waals surface area contributed by atoms with Crippen LogP contribution in [0.25, 0.3) is 11.0 Å². The van der Waals surface area contributed by atoms with Crippen molar-refractivity contribution in [2.24, 2.45) is 0 Å². The van der Waals surface area contributed by atoms with Gasteiger partial charge in [-0.25, -0.2) is 13.8 Å². The summed E-state index contributed by atoms with van der Waals surface area (Å²) in [6, 6.07) is 14.4. The molecule has 4 rings (SSSR count). The SMILES string of the molecule is Fc1cccc(Cc2c[nH]c3nccc(Oc4ccccc4F)c23)c1. The summed E-state index contributed by atoms with van der Waals surface area (Å²) < 4.78 is 33.1. The predicted octanol–water partition coefficient (Wildman–Crippen LogP) is 5.22. The Morgan fingerprint density at radius 3 is 2.68 bits per heavy atom. The number of aromatic amines is 1. The molecule has 0 aliphatic heterocycles. The third-order valence-electron chi connectivity index (χ3n) is 3.96. The summed E-state index contributed by atoms with van der Waals surface area (Å²) >= 11 is 0. The number of nitrogens with one attached hydrogen (secondary N) is 1. The largest absolute Gasteiger partial charge is 0.453 e. The van der Waals surface area contributed by atoms with Gasteiger partial charge in [-0.1, -0.05) is 24.3 Å². The average molecular weight is 336 g/mol. The zero-order valence-corrected chi connectivity index (χ0v) is 13.2. The lowest BCUT2D eigenvalue weighted by atomic mass is 10.0. The second-order valence-corrected chi connectivity index (χ2v) is 5.69. The van der Waals surface area contributed by atoms with E-state index in [2.05, 4.69) is 9.97 Å². The van der Waals surface area contributed by atoms with Crippen LogP contribution in [0.5, 0.6) is 11.5 Å². The Hall–Kier alpha value is -3.21. The lowest BCUT2D eigenvalue weighted by Crippen LogP contribution is -1.92. The molecule has 0 aliphatic rings. The van der Waals surface area contributed by atoms with Gasteiger partial charge in [-0.05, 0) is 47.9 Å². The van der Waals surface area contributed by atoms with E-state index in [0.717, 1.165) is 16.5 Å². The van der Waals surface area contributed by atoms with Crippen LogP contribution >= 0.6 is 0 Å². The lowest BCUT2D eigenvalue weighted by molar-refractivity contribution is 0.446. The summed E-state index contributed by atoms with van der Waals surface area (Å²) in [4.78, 5) is 7.37. The van der Waals surface area contributed by atoms with Crippen molar-refractivity contribution in [2.45, 2.75) is 6.42 Å². The van der Waals surface area contributed by atoms with E-state index in [-0.39, 0.29) is 11.6 Å². The molecule has 1 N–H and O–H groups in total.